The molecule has 2 aromatic heterocycles. The van der Waals surface area contributed by atoms with Gasteiger partial charge in [-0.3, -0.25) is 14.6 Å². The number of imidazole rings is 1. The van der Waals surface area contributed by atoms with Gasteiger partial charge in [0.15, 0.2) is 11.5 Å². The van der Waals surface area contributed by atoms with Crippen molar-refractivity contribution in [2.75, 3.05) is 26.6 Å². The van der Waals surface area contributed by atoms with Crippen LogP contribution in [0.1, 0.15) is 26.5 Å². The Kier molecular flexibility index (Phi) is 6.31. The maximum Gasteiger partial charge on any atom is 0.275 e. The molecule has 9 heteroatoms. The highest BCUT2D eigenvalue weighted by atomic mass is 16.5. The minimum atomic E-state index is -0.428. The Morgan fingerprint density at radius 1 is 1.17 bits per heavy atom. The molecule has 0 saturated heterocycles. The Balaban J connectivity index is 1.90. The van der Waals surface area contributed by atoms with Crippen LogP contribution in [0, 0.1) is 0 Å². The van der Waals surface area contributed by atoms with Crippen molar-refractivity contribution >= 4 is 17.5 Å². The molecule has 0 saturated carbocycles. The predicted octanol–water partition coefficient (Wildman–Crippen LogP) is 2.36. The zero-order valence-corrected chi connectivity index (χ0v) is 17.2. The number of ether oxygens (including phenoxy) is 2. The molecule has 0 radical (unpaired) electrons. The third-order valence-corrected chi connectivity index (χ3v) is 4.38. The summed E-state index contributed by atoms with van der Waals surface area (Å²) in [5.74, 6) is -0.0473. The zero-order valence-electron chi connectivity index (χ0n) is 17.2. The first-order valence-electron chi connectivity index (χ1n) is 9.13. The normalized spacial score (nSPS) is 10.4. The molecule has 1 N–H and O–H groups in total. The van der Waals surface area contributed by atoms with E-state index in [9.17, 15) is 9.59 Å². The van der Waals surface area contributed by atoms with E-state index in [1.165, 1.54) is 25.4 Å². The van der Waals surface area contributed by atoms with Gasteiger partial charge in [0.2, 0.25) is 0 Å². The predicted molar refractivity (Wildman–Crippen MR) is 111 cm³/mol. The van der Waals surface area contributed by atoms with Crippen molar-refractivity contribution in [3.8, 4) is 11.5 Å². The van der Waals surface area contributed by atoms with Crippen LogP contribution < -0.4 is 14.8 Å². The topological polar surface area (TPSA) is 98.6 Å². The number of benzene rings is 1. The Hall–Kier alpha value is -3.88. The highest BCUT2D eigenvalue weighted by Crippen LogP contribution is 2.37. The van der Waals surface area contributed by atoms with E-state index in [1.54, 1.807) is 43.2 Å². The molecule has 0 spiro atoms. The SMILES string of the molecule is COc1cc(C(=O)N(C)Cc2ccccn2)cc(NC(=O)c2cn(C)cn2)c1OC. The van der Waals surface area contributed by atoms with E-state index in [0.717, 1.165) is 5.69 Å². The monoisotopic (exact) mass is 409 g/mol. The van der Waals surface area contributed by atoms with E-state index in [1.807, 2.05) is 18.2 Å². The average molecular weight is 409 g/mol. The van der Waals surface area contributed by atoms with Crippen molar-refractivity contribution in [3.05, 3.63) is 66.0 Å². The van der Waals surface area contributed by atoms with Gasteiger partial charge in [0.05, 0.1) is 38.5 Å². The second kappa shape index (κ2) is 9.08. The molecular weight excluding hydrogens is 386 g/mol. The van der Waals surface area contributed by atoms with Crippen LogP contribution in [0.3, 0.4) is 0 Å². The van der Waals surface area contributed by atoms with Crippen LogP contribution in [0.5, 0.6) is 11.5 Å². The van der Waals surface area contributed by atoms with Crippen LogP contribution in [0.2, 0.25) is 0 Å². The van der Waals surface area contributed by atoms with E-state index >= 15 is 0 Å². The largest absolute Gasteiger partial charge is 0.493 e. The van der Waals surface area contributed by atoms with Crippen LogP contribution in [-0.4, -0.2) is 52.5 Å². The third-order valence-electron chi connectivity index (χ3n) is 4.38. The molecule has 0 atom stereocenters. The van der Waals surface area contributed by atoms with Gasteiger partial charge in [-0.1, -0.05) is 6.07 Å². The summed E-state index contributed by atoms with van der Waals surface area (Å²) in [6.45, 7) is 0.337. The standard InChI is InChI=1S/C21H23N5O4/c1-25-12-17(23-13-25)20(27)24-16-9-14(10-18(29-3)19(16)30-4)21(28)26(2)11-15-7-5-6-8-22-15/h5-10,12-13H,11H2,1-4H3,(H,24,27). The summed E-state index contributed by atoms with van der Waals surface area (Å²) in [6.07, 6.45) is 4.79. The number of methoxy groups -OCH3 is 2. The first-order chi connectivity index (χ1) is 14.4. The van der Waals surface area contributed by atoms with Crippen LogP contribution >= 0.6 is 0 Å². The smallest absolute Gasteiger partial charge is 0.275 e. The van der Waals surface area contributed by atoms with Crippen molar-refractivity contribution in [3.63, 3.8) is 0 Å². The summed E-state index contributed by atoms with van der Waals surface area (Å²) >= 11 is 0. The van der Waals surface area contributed by atoms with Gasteiger partial charge < -0.3 is 24.3 Å². The molecule has 2 amide bonds. The molecule has 2 heterocycles. The van der Waals surface area contributed by atoms with Crippen LogP contribution in [-0.2, 0) is 13.6 Å². The zero-order chi connectivity index (χ0) is 21.7. The number of aryl methyl sites for hydroxylation is 1. The molecule has 30 heavy (non-hydrogen) atoms. The molecule has 0 aliphatic heterocycles. The summed E-state index contributed by atoms with van der Waals surface area (Å²) in [7, 11) is 6.38. The lowest BCUT2D eigenvalue weighted by atomic mass is 10.1. The Bertz CT molecular complexity index is 1050. The number of hydrogen-bond donors (Lipinski definition) is 1. The quantitative estimate of drug-likeness (QED) is 0.643. The van der Waals surface area contributed by atoms with Crippen molar-refractivity contribution in [1.29, 1.82) is 0 Å². The van der Waals surface area contributed by atoms with Gasteiger partial charge in [0.1, 0.15) is 5.69 Å². The lowest BCUT2D eigenvalue weighted by Crippen LogP contribution is -2.27. The molecule has 3 rings (SSSR count). The number of nitrogens with zero attached hydrogens (tertiary/aromatic N) is 4. The van der Waals surface area contributed by atoms with Gasteiger partial charge in [-0.15, -0.1) is 0 Å². The van der Waals surface area contributed by atoms with Crippen molar-refractivity contribution in [2.45, 2.75) is 6.54 Å². The number of anilines is 1. The number of amides is 2. The number of carbonyl (C=O) groups excluding carboxylic acids is 2. The Morgan fingerprint density at radius 2 is 1.97 bits per heavy atom. The Morgan fingerprint density at radius 3 is 2.57 bits per heavy atom. The highest BCUT2D eigenvalue weighted by molar-refractivity contribution is 6.05. The minimum Gasteiger partial charge on any atom is -0.493 e. The molecular formula is C21H23N5O4. The van der Waals surface area contributed by atoms with Crippen molar-refractivity contribution in [1.82, 2.24) is 19.4 Å². The number of aromatic nitrogens is 3. The fourth-order valence-electron chi connectivity index (χ4n) is 2.92. The van der Waals surface area contributed by atoms with Gasteiger partial charge in [-0.25, -0.2) is 4.98 Å². The van der Waals surface area contributed by atoms with Crippen LogP contribution in [0.15, 0.2) is 49.1 Å². The summed E-state index contributed by atoms with van der Waals surface area (Å²) in [5.41, 5.74) is 1.64. The van der Waals surface area contributed by atoms with Gasteiger partial charge in [-0.05, 0) is 24.3 Å². The first-order valence-corrected chi connectivity index (χ1v) is 9.13. The summed E-state index contributed by atoms with van der Waals surface area (Å²) in [4.78, 5) is 35.4. The van der Waals surface area contributed by atoms with Crippen LogP contribution in [0.4, 0.5) is 5.69 Å². The fourth-order valence-corrected chi connectivity index (χ4v) is 2.92. The average Bonchev–Trinajstić information content (AvgIpc) is 3.19. The number of rotatable bonds is 7. The molecule has 0 unspecified atom stereocenters. The second-order valence-corrected chi connectivity index (χ2v) is 6.62. The summed E-state index contributed by atoms with van der Waals surface area (Å²) in [6, 6.07) is 8.65. The van der Waals surface area contributed by atoms with E-state index in [4.69, 9.17) is 9.47 Å². The fraction of sp³-hybridized carbons (Fsp3) is 0.238. The van der Waals surface area contributed by atoms with Gasteiger partial charge in [0.25, 0.3) is 11.8 Å². The van der Waals surface area contributed by atoms with E-state index < -0.39 is 5.91 Å². The molecule has 0 aliphatic carbocycles. The molecule has 156 valence electrons. The summed E-state index contributed by atoms with van der Waals surface area (Å²) < 4.78 is 12.4. The van der Waals surface area contributed by atoms with E-state index in [-0.39, 0.29) is 11.6 Å². The van der Waals surface area contributed by atoms with Gasteiger partial charge in [-0.2, -0.15) is 0 Å². The molecule has 0 bridgehead atoms. The van der Waals surface area contributed by atoms with E-state index in [0.29, 0.717) is 29.3 Å². The Labute approximate surface area is 174 Å². The maximum absolute atomic E-state index is 13.0. The second-order valence-electron chi connectivity index (χ2n) is 6.62. The van der Waals surface area contributed by atoms with Crippen LogP contribution in [0.25, 0.3) is 0 Å². The van der Waals surface area contributed by atoms with Crippen molar-refractivity contribution in [2.24, 2.45) is 7.05 Å². The lowest BCUT2D eigenvalue weighted by molar-refractivity contribution is 0.0782. The third kappa shape index (κ3) is 4.57. The number of hydrogen-bond acceptors (Lipinski definition) is 6. The van der Waals surface area contributed by atoms with Gasteiger partial charge in [0, 0.05) is 32.1 Å². The maximum atomic E-state index is 13.0. The molecule has 9 nitrogen and oxygen atoms in total. The van der Waals surface area contributed by atoms with E-state index in [2.05, 4.69) is 15.3 Å². The first kappa shape index (κ1) is 20.8. The number of nitrogens with one attached hydrogen (secondary N) is 1. The molecule has 1 aromatic carbocycles. The molecule has 0 aliphatic rings. The lowest BCUT2D eigenvalue weighted by Gasteiger charge is -2.19. The van der Waals surface area contributed by atoms with Gasteiger partial charge >= 0.3 is 0 Å². The molecule has 0 fully saturated rings. The molecule has 3 aromatic rings. The highest BCUT2D eigenvalue weighted by Gasteiger charge is 2.21. The number of carbonyl (C=O) groups is 2. The van der Waals surface area contributed by atoms with Crippen molar-refractivity contribution < 1.29 is 19.1 Å². The summed E-state index contributed by atoms with van der Waals surface area (Å²) in [5, 5.41) is 2.75. The minimum absolute atomic E-state index is 0.238. The number of pyridine rings is 1.